The van der Waals surface area contributed by atoms with Crippen molar-refractivity contribution in [3.8, 4) is 0 Å². The number of nitrogens with one attached hydrogen (secondary N) is 2. The summed E-state index contributed by atoms with van der Waals surface area (Å²) >= 11 is 0. The standard InChI is InChI=1S/C17H25N7O5/c1-2-29-16(25)12-3-7-22(8-4-12)15-13(24(27)28)14(20-11-21-15)18-5-9-23-10-6-19-17(23)26/h11-12H,2-10H2,1H3,(H,19,26)(H,18,20,21). The van der Waals surface area contributed by atoms with Gasteiger partial charge in [-0.05, 0) is 19.8 Å². The van der Waals surface area contributed by atoms with Crippen molar-refractivity contribution in [3.63, 3.8) is 0 Å². The maximum atomic E-state index is 11.9. The summed E-state index contributed by atoms with van der Waals surface area (Å²) < 4.78 is 5.06. The largest absolute Gasteiger partial charge is 0.466 e. The van der Waals surface area contributed by atoms with E-state index in [0.29, 0.717) is 58.7 Å². The predicted octanol–water partition coefficient (Wildman–Crippen LogP) is 0.601. The molecule has 29 heavy (non-hydrogen) atoms. The molecular formula is C17H25N7O5. The minimum Gasteiger partial charge on any atom is -0.466 e. The molecule has 1 aromatic heterocycles. The highest BCUT2D eigenvalue weighted by Gasteiger charge is 2.32. The highest BCUT2D eigenvalue weighted by Crippen LogP contribution is 2.34. The van der Waals surface area contributed by atoms with Gasteiger partial charge in [-0.3, -0.25) is 14.9 Å². The molecule has 158 valence electrons. The maximum Gasteiger partial charge on any atom is 0.353 e. The number of nitrogens with zero attached hydrogens (tertiary/aromatic N) is 5. The molecule has 0 saturated carbocycles. The molecule has 2 aliphatic rings. The van der Waals surface area contributed by atoms with E-state index < -0.39 is 4.92 Å². The molecule has 0 radical (unpaired) electrons. The molecular weight excluding hydrogens is 382 g/mol. The van der Waals surface area contributed by atoms with Gasteiger partial charge in [0.2, 0.25) is 11.6 Å². The van der Waals surface area contributed by atoms with Gasteiger partial charge in [0.05, 0.1) is 17.4 Å². The Morgan fingerprint density at radius 2 is 2.14 bits per heavy atom. The molecule has 1 aromatic rings. The van der Waals surface area contributed by atoms with Crippen molar-refractivity contribution in [1.29, 1.82) is 0 Å². The van der Waals surface area contributed by atoms with Gasteiger partial charge in [0.15, 0.2) is 0 Å². The number of carbonyl (C=O) groups excluding carboxylic acids is 2. The quantitative estimate of drug-likeness (QED) is 0.360. The number of rotatable bonds is 8. The maximum absolute atomic E-state index is 11.9. The minimum atomic E-state index is -0.502. The number of urea groups is 1. The van der Waals surface area contributed by atoms with E-state index >= 15 is 0 Å². The third-order valence-electron chi connectivity index (χ3n) is 5.02. The van der Waals surface area contributed by atoms with Gasteiger partial charge >= 0.3 is 17.7 Å². The zero-order valence-electron chi connectivity index (χ0n) is 16.3. The highest BCUT2D eigenvalue weighted by atomic mass is 16.6. The first-order chi connectivity index (χ1) is 14.0. The number of nitro groups is 1. The highest BCUT2D eigenvalue weighted by molar-refractivity contribution is 5.76. The smallest absolute Gasteiger partial charge is 0.353 e. The topological polar surface area (TPSA) is 143 Å². The Labute approximate surface area is 167 Å². The summed E-state index contributed by atoms with van der Waals surface area (Å²) in [4.78, 5) is 46.3. The molecule has 0 atom stereocenters. The Hall–Kier alpha value is -3.18. The van der Waals surface area contributed by atoms with E-state index in [1.807, 2.05) is 0 Å². The van der Waals surface area contributed by atoms with E-state index in [9.17, 15) is 19.7 Å². The van der Waals surface area contributed by atoms with Gasteiger partial charge in [0.25, 0.3) is 0 Å². The molecule has 12 heteroatoms. The molecule has 3 heterocycles. The van der Waals surface area contributed by atoms with Crippen molar-refractivity contribution in [2.45, 2.75) is 19.8 Å². The summed E-state index contributed by atoms with van der Waals surface area (Å²) in [6, 6.07) is -0.144. The first-order valence-corrected chi connectivity index (χ1v) is 9.68. The van der Waals surface area contributed by atoms with Crippen LogP contribution in [0.15, 0.2) is 6.33 Å². The number of anilines is 2. The predicted molar refractivity (Wildman–Crippen MR) is 104 cm³/mol. The molecule has 2 saturated heterocycles. The third-order valence-corrected chi connectivity index (χ3v) is 5.02. The fourth-order valence-corrected chi connectivity index (χ4v) is 3.52. The Kier molecular flexibility index (Phi) is 6.62. The second-order valence-corrected chi connectivity index (χ2v) is 6.81. The van der Waals surface area contributed by atoms with Gasteiger partial charge in [-0.1, -0.05) is 0 Å². The number of aromatic nitrogens is 2. The number of piperidine rings is 1. The summed E-state index contributed by atoms with van der Waals surface area (Å²) in [5, 5.41) is 17.4. The Balaban J connectivity index is 1.66. The number of amides is 2. The van der Waals surface area contributed by atoms with E-state index in [-0.39, 0.29) is 35.2 Å². The second-order valence-electron chi connectivity index (χ2n) is 6.81. The van der Waals surface area contributed by atoms with Crippen molar-refractivity contribution >= 4 is 29.3 Å². The van der Waals surface area contributed by atoms with Crippen molar-refractivity contribution in [3.05, 3.63) is 16.4 Å². The van der Waals surface area contributed by atoms with Crippen LogP contribution >= 0.6 is 0 Å². The fraction of sp³-hybridized carbons (Fsp3) is 0.647. The third kappa shape index (κ3) is 4.81. The lowest BCUT2D eigenvalue weighted by Gasteiger charge is -2.31. The number of esters is 1. The van der Waals surface area contributed by atoms with E-state index in [0.717, 1.165) is 0 Å². The van der Waals surface area contributed by atoms with Gasteiger partial charge in [-0.25, -0.2) is 14.8 Å². The molecule has 0 aliphatic carbocycles. The zero-order chi connectivity index (χ0) is 20.8. The van der Waals surface area contributed by atoms with Crippen LogP contribution in [0.5, 0.6) is 0 Å². The lowest BCUT2D eigenvalue weighted by atomic mass is 9.97. The fourth-order valence-electron chi connectivity index (χ4n) is 3.52. The SMILES string of the molecule is CCOC(=O)C1CCN(c2ncnc(NCCN3CCNC3=O)c2[N+](=O)[O-])CC1. The molecule has 12 nitrogen and oxygen atoms in total. The average Bonchev–Trinajstić information content (AvgIpc) is 3.12. The minimum absolute atomic E-state index is 0.118. The van der Waals surface area contributed by atoms with Crippen LogP contribution < -0.4 is 15.5 Å². The van der Waals surface area contributed by atoms with Crippen molar-refractivity contribution < 1.29 is 19.2 Å². The lowest BCUT2D eigenvalue weighted by molar-refractivity contribution is -0.383. The normalized spacial score (nSPS) is 17.2. The van der Waals surface area contributed by atoms with Crippen LogP contribution in [-0.2, 0) is 9.53 Å². The summed E-state index contributed by atoms with van der Waals surface area (Å²) in [7, 11) is 0. The van der Waals surface area contributed by atoms with Crippen LogP contribution in [0.25, 0.3) is 0 Å². The van der Waals surface area contributed by atoms with E-state index in [4.69, 9.17) is 4.74 Å². The van der Waals surface area contributed by atoms with Gasteiger partial charge < -0.3 is 25.2 Å². The molecule has 3 rings (SSSR count). The summed E-state index contributed by atoms with van der Waals surface area (Å²) in [6.45, 7) is 4.98. The van der Waals surface area contributed by atoms with Crippen LogP contribution in [-0.4, -0.2) is 77.7 Å². The number of carbonyl (C=O) groups is 2. The van der Waals surface area contributed by atoms with Crippen molar-refractivity contribution in [2.75, 3.05) is 56.1 Å². The molecule has 2 amide bonds. The number of hydrogen-bond donors (Lipinski definition) is 2. The lowest BCUT2D eigenvalue weighted by Crippen LogP contribution is -2.38. The Morgan fingerprint density at radius 1 is 1.38 bits per heavy atom. The summed E-state index contributed by atoms with van der Waals surface area (Å²) in [5.74, 6) is -0.0743. The Bertz CT molecular complexity index is 767. The van der Waals surface area contributed by atoms with Gasteiger partial charge in [-0.2, -0.15) is 0 Å². The van der Waals surface area contributed by atoms with Crippen LogP contribution in [0.4, 0.5) is 22.1 Å². The Morgan fingerprint density at radius 3 is 2.76 bits per heavy atom. The molecule has 0 aromatic carbocycles. The number of hydrogen-bond acceptors (Lipinski definition) is 9. The summed E-state index contributed by atoms with van der Waals surface area (Å²) in [5.41, 5.74) is -0.201. The monoisotopic (exact) mass is 407 g/mol. The first kappa shape index (κ1) is 20.6. The number of ether oxygens (including phenoxy) is 1. The second kappa shape index (κ2) is 9.34. The molecule has 2 aliphatic heterocycles. The molecule has 2 N–H and O–H groups in total. The van der Waals surface area contributed by atoms with Crippen LogP contribution in [0.3, 0.4) is 0 Å². The van der Waals surface area contributed by atoms with Crippen LogP contribution in [0.1, 0.15) is 19.8 Å². The molecule has 0 bridgehead atoms. The van der Waals surface area contributed by atoms with Gasteiger partial charge in [-0.15, -0.1) is 0 Å². The summed E-state index contributed by atoms with van der Waals surface area (Å²) in [6.07, 6.45) is 2.38. The van der Waals surface area contributed by atoms with Crippen molar-refractivity contribution in [1.82, 2.24) is 20.2 Å². The average molecular weight is 407 g/mol. The van der Waals surface area contributed by atoms with Gasteiger partial charge in [0.1, 0.15) is 6.33 Å². The van der Waals surface area contributed by atoms with E-state index in [1.165, 1.54) is 6.33 Å². The molecule has 0 spiro atoms. The first-order valence-electron chi connectivity index (χ1n) is 9.68. The van der Waals surface area contributed by atoms with Crippen LogP contribution in [0, 0.1) is 16.0 Å². The van der Waals surface area contributed by atoms with Gasteiger partial charge in [0, 0.05) is 39.3 Å². The molecule has 0 unspecified atom stereocenters. The van der Waals surface area contributed by atoms with Crippen LogP contribution in [0.2, 0.25) is 0 Å². The molecule has 2 fully saturated rings. The zero-order valence-corrected chi connectivity index (χ0v) is 16.3. The van der Waals surface area contributed by atoms with E-state index in [1.54, 1.807) is 16.7 Å². The van der Waals surface area contributed by atoms with E-state index in [2.05, 4.69) is 20.6 Å². The van der Waals surface area contributed by atoms with Crippen molar-refractivity contribution in [2.24, 2.45) is 5.92 Å².